The van der Waals surface area contributed by atoms with Gasteiger partial charge >= 0.3 is 0 Å². The smallest absolute Gasteiger partial charge is 0.0406 e. The van der Waals surface area contributed by atoms with Crippen LogP contribution in [0, 0.1) is 12.8 Å². The molecule has 1 aliphatic rings. The van der Waals surface area contributed by atoms with Crippen molar-refractivity contribution in [3.05, 3.63) is 29.6 Å². The molecule has 1 nitrogen and oxygen atoms in total. The first-order valence-corrected chi connectivity index (χ1v) is 4.76. The lowest BCUT2D eigenvalue weighted by atomic mass is 10.1. The molecule has 0 bridgehead atoms. The van der Waals surface area contributed by atoms with Gasteiger partial charge < -0.3 is 0 Å². The number of pyridine rings is 1. The van der Waals surface area contributed by atoms with Crippen molar-refractivity contribution in [1.29, 1.82) is 0 Å². The second kappa shape index (κ2) is 3.26. The van der Waals surface area contributed by atoms with Crippen LogP contribution in [0.4, 0.5) is 0 Å². The van der Waals surface area contributed by atoms with Gasteiger partial charge in [0, 0.05) is 11.9 Å². The molecule has 1 aromatic rings. The maximum atomic E-state index is 4.34. The molecular formula is C11H15N. The van der Waals surface area contributed by atoms with E-state index in [0.29, 0.717) is 0 Å². The fourth-order valence-corrected chi connectivity index (χ4v) is 1.49. The average molecular weight is 161 g/mol. The molecule has 2 rings (SSSR count). The van der Waals surface area contributed by atoms with Gasteiger partial charge in [0.25, 0.3) is 0 Å². The van der Waals surface area contributed by atoms with Crippen molar-refractivity contribution in [2.45, 2.75) is 32.6 Å². The Morgan fingerprint density at radius 2 is 2.33 bits per heavy atom. The van der Waals surface area contributed by atoms with Gasteiger partial charge in [0.1, 0.15) is 0 Å². The molecule has 1 heterocycles. The minimum Gasteiger partial charge on any atom is -0.261 e. The number of nitrogens with zero attached hydrogens (tertiary/aromatic N) is 1. The number of aryl methyl sites for hydroxylation is 2. The van der Waals surface area contributed by atoms with E-state index in [4.69, 9.17) is 0 Å². The normalized spacial score (nSPS) is 16.4. The third-order valence-electron chi connectivity index (χ3n) is 2.48. The van der Waals surface area contributed by atoms with Crippen LogP contribution in [0.15, 0.2) is 18.3 Å². The molecule has 0 unspecified atom stereocenters. The summed E-state index contributed by atoms with van der Waals surface area (Å²) >= 11 is 0. The lowest BCUT2D eigenvalue weighted by molar-refractivity contribution is 0.713. The number of hydrogen-bond donors (Lipinski definition) is 0. The van der Waals surface area contributed by atoms with Gasteiger partial charge in [-0.05, 0) is 43.4 Å². The fraction of sp³-hybridized carbons (Fsp3) is 0.545. The van der Waals surface area contributed by atoms with Crippen molar-refractivity contribution < 1.29 is 0 Å². The van der Waals surface area contributed by atoms with Gasteiger partial charge in [-0.3, -0.25) is 4.98 Å². The third kappa shape index (κ3) is 2.07. The van der Waals surface area contributed by atoms with E-state index < -0.39 is 0 Å². The molecule has 0 amide bonds. The first kappa shape index (κ1) is 7.78. The van der Waals surface area contributed by atoms with Crippen LogP contribution in [-0.4, -0.2) is 4.98 Å². The molecule has 12 heavy (non-hydrogen) atoms. The molecule has 0 saturated heterocycles. The molecular weight excluding hydrogens is 146 g/mol. The van der Waals surface area contributed by atoms with Gasteiger partial charge in [-0.2, -0.15) is 0 Å². The van der Waals surface area contributed by atoms with Gasteiger partial charge in [0.2, 0.25) is 0 Å². The Balaban J connectivity index is 1.92. The first-order chi connectivity index (χ1) is 5.84. The van der Waals surface area contributed by atoms with Crippen molar-refractivity contribution >= 4 is 0 Å². The summed E-state index contributed by atoms with van der Waals surface area (Å²) in [5.41, 5.74) is 2.60. The molecule has 1 heteroatoms. The molecule has 0 atom stereocenters. The van der Waals surface area contributed by atoms with E-state index in [1.54, 1.807) is 0 Å². The summed E-state index contributed by atoms with van der Waals surface area (Å²) in [6.45, 7) is 2.13. The van der Waals surface area contributed by atoms with E-state index >= 15 is 0 Å². The van der Waals surface area contributed by atoms with Crippen molar-refractivity contribution in [3.8, 4) is 0 Å². The highest BCUT2D eigenvalue weighted by Gasteiger charge is 2.20. The monoisotopic (exact) mass is 161 g/mol. The zero-order valence-electron chi connectivity index (χ0n) is 7.59. The fourth-order valence-electron chi connectivity index (χ4n) is 1.49. The quantitative estimate of drug-likeness (QED) is 0.664. The van der Waals surface area contributed by atoms with Crippen LogP contribution in [0.5, 0.6) is 0 Å². The lowest BCUT2D eigenvalue weighted by Crippen LogP contribution is -1.91. The highest BCUT2D eigenvalue weighted by atomic mass is 14.7. The summed E-state index contributed by atoms with van der Waals surface area (Å²) in [5.74, 6) is 1.02. The van der Waals surface area contributed by atoms with Gasteiger partial charge in [0.15, 0.2) is 0 Å². The summed E-state index contributed by atoms with van der Waals surface area (Å²) in [4.78, 5) is 4.34. The first-order valence-electron chi connectivity index (χ1n) is 4.76. The van der Waals surface area contributed by atoms with Crippen LogP contribution in [0.3, 0.4) is 0 Å². The Labute approximate surface area is 73.8 Å². The molecule has 1 aliphatic carbocycles. The Bertz CT molecular complexity index is 263. The average Bonchev–Trinajstić information content (AvgIpc) is 2.84. The zero-order valence-corrected chi connectivity index (χ0v) is 7.59. The van der Waals surface area contributed by atoms with Crippen molar-refractivity contribution in [2.24, 2.45) is 5.92 Å². The van der Waals surface area contributed by atoms with E-state index in [0.717, 1.165) is 5.92 Å². The van der Waals surface area contributed by atoms with Crippen molar-refractivity contribution in [3.63, 3.8) is 0 Å². The molecule has 0 aromatic carbocycles. The maximum Gasteiger partial charge on any atom is 0.0406 e. The predicted octanol–water partition coefficient (Wildman–Crippen LogP) is 2.73. The van der Waals surface area contributed by atoms with Crippen LogP contribution < -0.4 is 0 Å². The lowest BCUT2D eigenvalue weighted by Gasteiger charge is -1.99. The van der Waals surface area contributed by atoms with E-state index in [2.05, 4.69) is 24.0 Å². The van der Waals surface area contributed by atoms with Gasteiger partial charge in [-0.25, -0.2) is 0 Å². The Morgan fingerprint density at radius 1 is 1.50 bits per heavy atom. The zero-order chi connectivity index (χ0) is 8.39. The highest BCUT2D eigenvalue weighted by Crippen LogP contribution is 2.33. The van der Waals surface area contributed by atoms with E-state index in [-0.39, 0.29) is 0 Å². The molecule has 1 aromatic heterocycles. The molecule has 64 valence electrons. The van der Waals surface area contributed by atoms with Gasteiger partial charge in [-0.15, -0.1) is 0 Å². The minimum atomic E-state index is 1.02. The topological polar surface area (TPSA) is 12.9 Å². The number of hydrogen-bond acceptors (Lipinski definition) is 1. The summed E-state index contributed by atoms with van der Waals surface area (Å²) in [6.07, 6.45) is 7.33. The summed E-state index contributed by atoms with van der Waals surface area (Å²) in [6, 6.07) is 4.25. The van der Waals surface area contributed by atoms with Crippen LogP contribution in [-0.2, 0) is 6.42 Å². The second-order valence-electron chi connectivity index (χ2n) is 3.81. The Hall–Kier alpha value is -0.850. The SMILES string of the molecule is Cc1ccnc(CCC2CC2)c1. The number of rotatable bonds is 3. The predicted molar refractivity (Wildman–Crippen MR) is 50.0 cm³/mol. The van der Waals surface area contributed by atoms with Gasteiger partial charge in [0.05, 0.1) is 0 Å². The highest BCUT2D eigenvalue weighted by molar-refractivity contribution is 5.14. The van der Waals surface area contributed by atoms with Crippen LogP contribution in [0.2, 0.25) is 0 Å². The summed E-state index contributed by atoms with van der Waals surface area (Å²) in [5, 5.41) is 0. The van der Waals surface area contributed by atoms with Gasteiger partial charge in [-0.1, -0.05) is 12.8 Å². The van der Waals surface area contributed by atoms with E-state index in [9.17, 15) is 0 Å². The van der Waals surface area contributed by atoms with Crippen molar-refractivity contribution in [2.75, 3.05) is 0 Å². The van der Waals surface area contributed by atoms with Crippen LogP contribution >= 0.6 is 0 Å². The Morgan fingerprint density at radius 3 is 3.00 bits per heavy atom. The number of aromatic nitrogens is 1. The molecule has 0 radical (unpaired) electrons. The molecule has 0 N–H and O–H groups in total. The van der Waals surface area contributed by atoms with Crippen LogP contribution in [0.1, 0.15) is 30.5 Å². The van der Waals surface area contributed by atoms with E-state index in [1.807, 2.05) is 6.20 Å². The largest absolute Gasteiger partial charge is 0.261 e. The standard InChI is InChI=1S/C11H15N/c1-9-6-7-12-11(8-9)5-4-10-2-3-10/h6-8,10H,2-5H2,1H3. The molecule has 1 saturated carbocycles. The van der Waals surface area contributed by atoms with Crippen LogP contribution in [0.25, 0.3) is 0 Å². The maximum absolute atomic E-state index is 4.34. The minimum absolute atomic E-state index is 1.02. The summed E-state index contributed by atoms with van der Waals surface area (Å²) < 4.78 is 0. The Kier molecular flexibility index (Phi) is 2.11. The summed E-state index contributed by atoms with van der Waals surface area (Å²) in [7, 11) is 0. The molecule has 0 aliphatic heterocycles. The molecule has 1 fully saturated rings. The van der Waals surface area contributed by atoms with E-state index in [1.165, 1.54) is 36.9 Å². The van der Waals surface area contributed by atoms with Crippen molar-refractivity contribution in [1.82, 2.24) is 4.98 Å². The third-order valence-corrected chi connectivity index (χ3v) is 2.48. The molecule has 0 spiro atoms. The second-order valence-corrected chi connectivity index (χ2v) is 3.81.